The minimum Gasteiger partial charge on any atom is -0.357 e. The van der Waals surface area contributed by atoms with Crippen molar-refractivity contribution in [3.05, 3.63) is 35.5 Å². The maximum absolute atomic E-state index is 3.58. The van der Waals surface area contributed by atoms with Gasteiger partial charge in [0, 0.05) is 23.8 Å². The van der Waals surface area contributed by atoms with Crippen molar-refractivity contribution in [1.82, 2.24) is 10.3 Å². The molecule has 1 aromatic carbocycles. The number of aryl methyl sites for hydroxylation is 1. The van der Waals surface area contributed by atoms with Crippen molar-refractivity contribution < 1.29 is 0 Å². The summed E-state index contributed by atoms with van der Waals surface area (Å²) in [6, 6.07) is 9.46. The van der Waals surface area contributed by atoms with Crippen molar-refractivity contribution in [2.45, 2.75) is 38.8 Å². The molecule has 0 aliphatic heterocycles. The first-order chi connectivity index (χ1) is 7.83. The number of H-pyrrole nitrogens is 1. The molecule has 0 radical (unpaired) electrons. The maximum Gasteiger partial charge on any atom is 0.0486 e. The first-order valence-corrected chi connectivity index (χ1v) is 6.13. The number of benzene rings is 1. The van der Waals surface area contributed by atoms with Crippen LogP contribution in [0, 0.1) is 6.92 Å². The van der Waals surface area contributed by atoms with Gasteiger partial charge in [-0.05, 0) is 36.8 Å². The number of rotatable bonds is 3. The smallest absolute Gasteiger partial charge is 0.0486 e. The monoisotopic (exact) mass is 214 g/mol. The summed E-state index contributed by atoms with van der Waals surface area (Å²) in [4.78, 5) is 3.50. The Balaban J connectivity index is 1.79. The van der Waals surface area contributed by atoms with Gasteiger partial charge in [-0.1, -0.05) is 24.6 Å². The van der Waals surface area contributed by atoms with E-state index in [0.717, 1.165) is 12.6 Å². The van der Waals surface area contributed by atoms with E-state index >= 15 is 0 Å². The molecule has 0 unspecified atom stereocenters. The zero-order valence-electron chi connectivity index (χ0n) is 9.72. The van der Waals surface area contributed by atoms with Crippen LogP contribution in [0.3, 0.4) is 0 Å². The van der Waals surface area contributed by atoms with Gasteiger partial charge in [-0.3, -0.25) is 0 Å². The molecule has 1 fully saturated rings. The van der Waals surface area contributed by atoms with Crippen molar-refractivity contribution in [3.8, 4) is 0 Å². The van der Waals surface area contributed by atoms with Crippen LogP contribution in [0.25, 0.3) is 10.9 Å². The molecule has 2 nitrogen and oxygen atoms in total. The largest absolute Gasteiger partial charge is 0.357 e. The highest BCUT2D eigenvalue weighted by molar-refractivity contribution is 5.83. The van der Waals surface area contributed by atoms with Gasteiger partial charge < -0.3 is 10.3 Å². The quantitative estimate of drug-likeness (QED) is 0.807. The van der Waals surface area contributed by atoms with Crippen LogP contribution in [0.4, 0.5) is 0 Å². The highest BCUT2D eigenvalue weighted by Gasteiger charge is 2.16. The fourth-order valence-electron chi connectivity index (χ4n) is 2.33. The lowest BCUT2D eigenvalue weighted by molar-refractivity contribution is 0.337. The van der Waals surface area contributed by atoms with E-state index in [1.165, 1.54) is 41.4 Å². The second-order valence-electron chi connectivity index (χ2n) is 4.84. The average molecular weight is 214 g/mol. The van der Waals surface area contributed by atoms with Crippen molar-refractivity contribution >= 4 is 10.9 Å². The molecule has 84 valence electrons. The number of aromatic amines is 1. The van der Waals surface area contributed by atoms with Crippen molar-refractivity contribution in [1.29, 1.82) is 0 Å². The van der Waals surface area contributed by atoms with Crippen LogP contribution in [-0.4, -0.2) is 11.0 Å². The van der Waals surface area contributed by atoms with Gasteiger partial charge in [-0.15, -0.1) is 0 Å². The lowest BCUT2D eigenvalue weighted by atomic mass is 9.93. The highest BCUT2D eigenvalue weighted by Crippen LogP contribution is 2.21. The van der Waals surface area contributed by atoms with Gasteiger partial charge in [0.2, 0.25) is 0 Å². The first-order valence-electron chi connectivity index (χ1n) is 6.13. The summed E-state index contributed by atoms with van der Waals surface area (Å²) in [5.41, 5.74) is 3.91. The van der Waals surface area contributed by atoms with Gasteiger partial charge in [0.1, 0.15) is 0 Å². The van der Waals surface area contributed by atoms with Gasteiger partial charge in [-0.25, -0.2) is 0 Å². The lowest BCUT2D eigenvalue weighted by Crippen LogP contribution is -2.34. The summed E-state index contributed by atoms with van der Waals surface area (Å²) in [5, 5.41) is 4.91. The number of nitrogens with one attached hydrogen (secondary N) is 2. The molecule has 2 heteroatoms. The standard InChI is InChI=1S/C14H18N2/c1-10-4-2-5-11-8-13(16-14(10)11)9-15-12-6-3-7-12/h2,4-5,8,12,15-16H,3,6-7,9H2,1H3. The van der Waals surface area contributed by atoms with Crippen LogP contribution in [0.5, 0.6) is 0 Å². The lowest BCUT2D eigenvalue weighted by Gasteiger charge is -2.26. The van der Waals surface area contributed by atoms with Crippen molar-refractivity contribution in [2.24, 2.45) is 0 Å². The van der Waals surface area contributed by atoms with Gasteiger partial charge >= 0.3 is 0 Å². The van der Waals surface area contributed by atoms with E-state index in [4.69, 9.17) is 0 Å². The second-order valence-corrected chi connectivity index (χ2v) is 4.84. The van der Waals surface area contributed by atoms with E-state index in [1.807, 2.05) is 0 Å². The molecule has 2 N–H and O–H groups in total. The van der Waals surface area contributed by atoms with Crippen molar-refractivity contribution in [2.75, 3.05) is 0 Å². The van der Waals surface area contributed by atoms with E-state index in [-0.39, 0.29) is 0 Å². The van der Waals surface area contributed by atoms with Crippen LogP contribution < -0.4 is 5.32 Å². The number of hydrogen-bond acceptors (Lipinski definition) is 1. The molecule has 0 saturated heterocycles. The Morgan fingerprint density at radius 2 is 2.25 bits per heavy atom. The number of hydrogen-bond donors (Lipinski definition) is 2. The Bertz CT molecular complexity index is 494. The van der Waals surface area contributed by atoms with Gasteiger partial charge in [-0.2, -0.15) is 0 Å². The zero-order valence-corrected chi connectivity index (χ0v) is 9.72. The van der Waals surface area contributed by atoms with Crippen LogP contribution in [0.15, 0.2) is 24.3 Å². The average Bonchev–Trinajstić information content (AvgIpc) is 2.60. The molecule has 0 atom stereocenters. The Morgan fingerprint density at radius 1 is 1.38 bits per heavy atom. The third kappa shape index (κ3) is 1.74. The molecule has 1 aliphatic carbocycles. The summed E-state index contributed by atoms with van der Waals surface area (Å²) in [7, 11) is 0. The van der Waals surface area contributed by atoms with Crippen LogP contribution >= 0.6 is 0 Å². The number of fused-ring (bicyclic) bond motifs is 1. The molecular weight excluding hydrogens is 196 g/mol. The molecular formula is C14H18N2. The van der Waals surface area contributed by atoms with Crippen LogP contribution in [0.2, 0.25) is 0 Å². The topological polar surface area (TPSA) is 27.8 Å². The molecule has 1 saturated carbocycles. The Labute approximate surface area is 96.1 Å². The zero-order chi connectivity index (χ0) is 11.0. The van der Waals surface area contributed by atoms with Crippen LogP contribution in [-0.2, 0) is 6.54 Å². The molecule has 0 spiro atoms. The fraction of sp³-hybridized carbons (Fsp3) is 0.429. The number of aromatic nitrogens is 1. The fourth-order valence-corrected chi connectivity index (χ4v) is 2.33. The van der Waals surface area contributed by atoms with E-state index in [2.05, 4.69) is 41.5 Å². The predicted molar refractivity (Wildman–Crippen MR) is 67.5 cm³/mol. The molecule has 1 heterocycles. The molecule has 1 aromatic heterocycles. The summed E-state index contributed by atoms with van der Waals surface area (Å²) in [5.74, 6) is 0. The Hall–Kier alpha value is -1.28. The maximum atomic E-state index is 3.58. The van der Waals surface area contributed by atoms with Gasteiger partial charge in [0.05, 0.1) is 0 Å². The Morgan fingerprint density at radius 3 is 2.94 bits per heavy atom. The summed E-state index contributed by atoms with van der Waals surface area (Å²) in [6.45, 7) is 3.13. The number of para-hydroxylation sites is 1. The minimum atomic E-state index is 0.757. The molecule has 1 aliphatic rings. The normalized spacial score (nSPS) is 16.6. The van der Waals surface area contributed by atoms with Gasteiger partial charge in [0.15, 0.2) is 0 Å². The van der Waals surface area contributed by atoms with E-state index in [9.17, 15) is 0 Å². The summed E-state index contributed by atoms with van der Waals surface area (Å²) >= 11 is 0. The minimum absolute atomic E-state index is 0.757. The van der Waals surface area contributed by atoms with Crippen molar-refractivity contribution in [3.63, 3.8) is 0 Å². The predicted octanol–water partition coefficient (Wildman–Crippen LogP) is 3.12. The third-order valence-electron chi connectivity index (χ3n) is 3.61. The van der Waals surface area contributed by atoms with E-state index in [0.29, 0.717) is 0 Å². The highest BCUT2D eigenvalue weighted by atomic mass is 14.9. The summed E-state index contributed by atoms with van der Waals surface area (Å²) in [6.07, 6.45) is 4.09. The molecule has 2 aromatic rings. The molecule has 3 rings (SSSR count). The molecule has 0 amide bonds. The SMILES string of the molecule is Cc1cccc2cc(CNC3CCC3)[nH]c12. The van der Waals surface area contributed by atoms with Gasteiger partial charge in [0.25, 0.3) is 0 Å². The third-order valence-corrected chi connectivity index (χ3v) is 3.61. The molecule has 0 bridgehead atoms. The molecule has 16 heavy (non-hydrogen) atoms. The second kappa shape index (κ2) is 3.95. The van der Waals surface area contributed by atoms with E-state index in [1.54, 1.807) is 0 Å². The Kier molecular flexibility index (Phi) is 2.44. The first kappa shape index (κ1) is 9.91. The summed E-state index contributed by atoms with van der Waals surface area (Å²) < 4.78 is 0. The van der Waals surface area contributed by atoms with Crippen LogP contribution in [0.1, 0.15) is 30.5 Å². The van der Waals surface area contributed by atoms with E-state index < -0.39 is 0 Å².